The van der Waals surface area contributed by atoms with Crippen LogP contribution in [-0.4, -0.2) is 24.8 Å². The van der Waals surface area contributed by atoms with E-state index in [4.69, 9.17) is 0 Å². The normalized spacial score (nSPS) is 17.2. The van der Waals surface area contributed by atoms with Crippen LogP contribution < -0.4 is 0 Å². The second-order valence-electron chi connectivity index (χ2n) is 4.01. The van der Waals surface area contributed by atoms with Gasteiger partial charge in [-0.3, -0.25) is 0 Å². The minimum absolute atomic E-state index is 0.0932. The van der Waals surface area contributed by atoms with E-state index in [1.807, 2.05) is 18.2 Å². The molecule has 1 aromatic carbocycles. The summed E-state index contributed by atoms with van der Waals surface area (Å²) in [6.45, 7) is 0.150. The smallest absolute Gasteiger partial charge is 0.337 e. The highest BCUT2D eigenvalue weighted by Gasteiger charge is 2.43. The fourth-order valence-electron chi connectivity index (χ4n) is 1.78. The molecule has 3 nitrogen and oxygen atoms in total. The summed E-state index contributed by atoms with van der Waals surface area (Å²) in [7, 11) is 1.37. The predicted molar refractivity (Wildman–Crippen MR) is 55.8 cm³/mol. The van der Waals surface area contributed by atoms with Crippen molar-refractivity contribution in [3.8, 4) is 0 Å². The molecule has 80 valence electrons. The molecule has 1 aliphatic carbocycles. The molecule has 2 rings (SSSR count). The topological polar surface area (TPSA) is 46.5 Å². The second kappa shape index (κ2) is 3.66. The van der Waals surface area contributed by atoms with Crippen molar-refractivity contribution in [2.75, 3.05) is 13.7 Å². The molecule has 0 radical (unpaired) electrons. The summed E-state index contributed by atoms with van der Waals surface area (Å²) in [5.74, 6) is -0.328. The molecule has 0 unspecified atom stereocenters. The first-order valence-corrected chi connectivity index (χ1v) is 5.01. The third-order valence-electron chi connectivity index (χ3n) is 3.05. The van der Waals surface area contributed by atoms with Crippen LogP contribution in [0.2, 0.25) is 0 Å². The first-order chi connectivity index (χ1) is 7.22. The van der Waals surface area contributed by atoms with Crippen LogP contribution in [0, 0.1) is 0 Å². The predicted octanol–water partition coefficient (Wildman–Crippen LogP) is 1.50. The van der Waals surface area contributed by atoms with Crippen molar-refractivity contribution in [3.05, 3.63) is 35.4 Å². The molecule has 1 fully saturated rings. The van der Waals surface area contributed by atoms with Gasteiger partial charge in [0.1, 0.15) is 0 Å². The van der Waals surface area contributed by atoms with Gasteiger partial charge in [-0.15, -0.1) is 0 Å². The van der Waals surface area contributed by atoms with Crippen LogP contribution in [0.4, 0.5) is 0 Å². The maximum Gasteiger partial charge on any atom is 0.337 e. The van der Waals surface area contributed by atoms with Crippen molar-refractivity contribution in [3.63, 3.8) is 0 Å². The highest BCUT2D eigenvalue weighted by Crippen LogP contribution is 2.47. The van der Waals surface area contributed by atoms with Gasteiger partial charge in [0, 0.05) is 5.41 Å². The molecule has 1 saturated carbocycles. The maximum atomic E-state index is 11.3. The number of aliphatic hydroxyl groups excluding tert-OH is 1. The van der Waals surface area contributed by atoms with Crippen LogP contribution in [0.1, 0.15) is 28.8 Å². The Labute approximate surface area is 88.7 Å². The largest absolute Gasteiger partial charge is 0.465 e. The highest BCUT2D eigenvalue weighted by atomic mass is 16.5. The maximum absolute atomic E-state index is 11.3. The van der Waals surface area contributed by atoms with Crippen LogP contribution >= 0.6 is 0 Å². The molecule has 0 amide bonds. The number of hydrogen-bond acceptors (Lipinski definition) is 3. The third-order valence-corrected chi connectivity index (χ3v) is 3.05. The number of hydrogen-bond donors (Lipinski definition) is 1. The molecule has 0 atom stereocenters. The Morgan fingerprint density at radius 3 is 2.80 bits per heavy atom. The van der Waals surface area contributed by atoms with Gasteiger partial charge in [-0.2, -0.15) is 0 Å². The van der Waals surface area contributed by atoms with Gasteiger partial charge in [0.25, 0.3) is 0 Å². The summed E-state index contributed by atoms with van der Waals surface area (Å²) < 4.78 is 4.66. The molecule has 0 heterocycles. The molecule has 1 aliphatic rings. The highest BCUT2D eigenvalue weighted by molar-refractivity contribution is 5.89. The van der Waals surface area contributed by atoms with E-state index in [9.17, 15) is 9.90 Å². The zero-order valence-electron chi connectivity index (χ0n) is 8.69. The lowest BCUT2D eigenvalue weighted by Crippen LogP contribution is -2.13. The summed E-state index contributed by atoms with van der Waals surface area (Å²) in [4.78, 5) is 11.3. The molecule has 15 heavy (non-hydrogen) atoms. The zero-order valence-corrected chi connectivity index (χ0v) is 8.69. The quantitative estimate of drug-likeness (QED) is 0.762. The van der Waals surface area contributed by atoms with Crippen LogP contribution in [0.25, 0.3) is 0 Å². The van der Waals surface area contributed by atoms with E-state index in [1.165, 1.54) is 7.11 Å². The lowest BCUT2D eigenvalue weighted by atomic mass is 9.95. The Bertz CT molecular complexity index is 380. The average Bonchev–Trinajstić information content (AvgIpc) is 3.09. The van der Waals surface area contributed by atoms with Crippen molar-refractivity contribution in [2.45, 2.75) is 18.3 Å². The van der Waals surface area contributed by atoms with Crippen molar-refractivity contribution in [2.24, 2.45) is 0 Å². The summed E-state index contributed by atoms with van der Waals surface area (Å²) in [5, 5.41) is 9.28. The molecule has 0 aliphatic heterocycles. The van der Waals surface area contributed by atoms with Gasteiger partial charge in [0.2, 0.25) is 0 Å². The van der Waals surface area contributed by atoms with Crippen LogP contribution in [0.5, 0.6) is 0 Å². The van der Waals surface area contributed by atoms with Crippen molar-refractivity contribution in [1.29, 1.82) is 0 Å². The lowest BCUT2D eigenvalue weighted by molar-refractivity contribution is 0.0600. The van der Waals surface area contributed by atoms with Crippen LogP contribution in [0.3, 0.4) is 0 Å². The summed E-state index contributed by atoms with van der Waals surface area (Å²) in [6.07, 6.45) is 1.99. The Kier molecular flexibility index (Phi) is 2.49. The molecule has 0 saturated heterocycles. The number of aliphatic hydroxyl groups is 1. The first kappa shape index (κ1) is 10.2. The first-order valence-electron chi connectivity index (χ1n) is 5.01. The van der Waals surface area contributed by atoms with E-state index in [0.717, 1.165) is 18.4 Å². The molecular weight excluding hydrogens is 192 g/mol. The molecule has 1 aromatic rings. The van der Waals surface area contributed by atoms with E-state index in [2.05, 4.69) is 4.74 Å². The van der Waals surface area contributed by atoms with E-state index >= 15 is 0 Å². The number of carbonyl (C=O) groups is 1. The SMILES string of the molecule is COC(=O)c1cccc(C2(CO)CC2)c1. The number of ether oxygens (including phenoxy) is 1. The van der Waals surface area contributed by atoms with Gasteiger partial charge in [-0.05, 0) is 30.5 Å². The van der Waals surface area contributed by atoms with E-state index in [1.54, 1.807) is 6.07 Å². The Morgan fingerprint density at radius 2 is 2.27 bits per heavy atom. The summed E-state index contributed by atoms with van der Waals surface area (Å²) in [6, 6.07) is 7.32. The number of carbonyl (C=O) groups excluding carboxylic acids is 1. The second-order valence-corrected chi connectivity index (χ2v) is 4.01. The summed E-state index contributed by atoms with van der Waals surface area (Å²) in [5.41, 5.74) is 1.49. The van der Waals surface area contributed by atoms with Gasteiger partial charge in [-0.25, -0.2) is 4.79 Å². The van der Waals surface area contributed by atoms with Gasteiger partial charge < -0.3 is 9.84 Å². The number of rotatable bonds is 3. The van der Waals surface area contributed by atoms with Gasteiger partial charge >= 0.3 is 5.97 Å². The Morgan fingerprint density at radius 1 is 1.53 bits per heavy atom. The number of methoxy groups -OCH3 is 1. The molecule has 1 N–H and O–H groups in total. The lowest BCUT2D eigenvalue weighted by Gasteiger charge is -2.12. The molecular formula is C12H14O3. The van der Waals surface area contributed by atoms with E-state index in [0.29, 0.717) is 5.56 Å². The number of benzene rings is 1. The third kappa shape index (κ3) is 1.75. The molecule has 0 spiro atoms. The average molecular weight is 206 g/mol. The van der Waals surface area contributed by atoms with E-state index < -0.39 is 0 Å². The van der Waals surface area contributed by atoms with Crippen molar-refractivity contribution >= 4 is 5.97 Å². The minimum Gasteiger partial charge on any atom is -0.465 e. The van der Waals surface area contributed by atoms with Crippen LogP contribution in [0.15, 0.2) is 24.3 Å². The van der Waals surface area contributed by atoms with E-state index in [-0.39, 0.29) is 18.0 Å². The van der Waals surface area contributed by atoms with Gasteiger partial charge in [0.05, 0.1) is 19.3 Å². The van der Waals surface area contributed by atoms with Crippen LogP contribution in [-0.2, 0) is 10.2 Å². The Balaban J connectivity index is 2.31. The zero-order chi connectivity index (χ0) is 10.9. The Hall–Kier alpha value is -1.35. The number of esters is 1. The molecule has 0 aromatic heterocycles. The fraction of sp³-hybridized carbons (Fsp3) is 0.417. The minimum atomic E-state index is -0.328. The monoisotopic (exact) mass is 206 g/mol. The van der Waals surface area contributed by atoms with Crippen molar-refractivity contribution < 1.29 is 14.6 Å². The summed E-state index contributed by atoms with van der Waals surface area (Å²) >= 11 is 0. The molecule has 3 heteroatoms. The van der Waals surface area contributed by atoms with Gasteiger partial charge in [-0.1, -0.05) is 12.1 Å². The standard InChI is InChI=1S/C12H14O3/c1-15-11(14)9-3-2-4-10(7-9)12(8-13)5-6-12/h2-4,7,13H,5-6,8H2,1H3. The van der Waals surface area contributed by atoms with Crippen molar-refractivity contribution in [1.82, 2.24) is 0 Å². The molecule has 0 bridgehead atoms. The van der Waals surface area contributed by atoms with Gasteiger partial charge in [0.15, 0.2) is 0 Å². The fourth-order valence-corrected chi connectivity index (χ4v) is 1.78.